The van der Waals surface area contributed by atoms with Gasteiger partial charge in [-0.2, -0.15) is 0 Å². The van der Waals surface area contributed by atoms with Crippen molar-refractivity contribution in [1.82, 2.24) is 10.2 Å². The fraction of sp³-hybridized carbons (Fsp3) is 0.300. The van der Waals surface area contributed by atoms with Crippen LogP contribution in [-0.4, -0.2) is 32.7 Å². The van der Waals surface area contributed by atoms with E-state index in [1.807, 2.05) is 13.8 Å². The van der Waals surface area contributed by atoms with Gasteiger partial charge in [-0.1, -0.05) is 24.8 Å². The summed E-state index contributed by atoms with van der Waals surface area (Å²) >= 11 is 2.52. The standard InChI is InChI=1S/C20H21N3O3S2/c1-4-7-12-8-11(9-13(17(12)24)26-6-3)10-14-18(25)16(19(21)27-14)20-23-22-15(5-2)28-20/h4,8-10,16,21,24H,1,5-7H2,2-3H3/b14-10-,21-19?/t16-/m1/s1. The minimum atomic E-state index is -0.676. The molecular weight excluding hydrogens is 394 g/mol. The largest absolute Gasteiger partial charge is 0.504 e. The first-order valence-corrected chi connectivity index (χ1v) is 10.6. The first-order valence-electron chi connectivity index (χ1n) is 8.92. The van der Waals surface area contributed by atoms with Crippen LogP contribution in [-0.2, 0) is 17.6 Å². The lowest BCUT2D eigenvalue weighted by molar-refractivity contribution is -0.114. The van der Waals surface area contributed by atoms with E-state index >= 15 is 0 Å². The van der Waals surface area contributed by atoms with E-state index in [9.17, 15) is 9.90 Å². The van der Waals surface area contributed by atoms with Gasteiger partial charge in [0.05, 0.1) is 16.6 Å². The number of benzene rings is 1. The third-order valence-corrected chi connectivity index (χ3v) is 6.28. The van der Waals surface area contributed by atoms with Crippen molar-refractivity contribution >= 4 is 40.0 Å². The number of carbonyl (C=O) groups excluding carboxylic acids is 1. The number of ketones is 1. The number of nitrogens with one attached hydrogen (secondary N) is 1. The molecule has 2 aromatic rings. The van der Waals surface area contributed by atoms with E-state index in [4.69, 9.17) is 10.1 Å². The van der Waals surface area contributed by atoms with Crippen LogP contribution >= 0.6 is 23.1 Å². The van der Waals surface area contributed by atoms with Crippen LogP contribution < -0.4 is 4.74 Å². The van der Waals surface area contributed by atoms with Gasteiger partial charge in [0.1, 0.15) is 15.9 Å². The Labute approximate surface area is 171 Å². The summed E-state index contributed by atoms with van der Waals surface area (Å²) in [5, 5.41) is 28.4. The topological polar surface area (TPSA) is 96.2 Å². The lowest BCUT2D eigenvalue weighted by Crippen LogP contribution is -2.11. The smallest absolute Gasteiger partial charge is 0.186 e. The van der Waals surface area contributed by atoms with Gasteiger partial charge in [0.15, 0.2) is 17.3 Å². The number of nitrogens with zero attached hydrogens (tertiary/aromatic N) is 2. The molecule has 1 aromatic heterocycles. The van der Waals surface area contributed by atoms with Gasteiger partial charge in [-0.25, -0.2) is 0 Å². The first kappa shape index (κ1) is 20.3. The molecule has 8 heteroatoms. The predicted molar refractivity (Wildman–Crippen MR) is 114 cm³/mol. The van der Waals surface area contributed by atoms with Gasteiger partial charge in [-0.3, -0.25) is 10.2 Å². The van der Waals surface area contributed by atoms with Gasteiger partial charge in [-0.05, 0) is 43.5 Å². The molecule has 3 rings (SSSR count). The number of aromatic nitrogens is 2. The van der Waals surface area contributed by atoms with Crippen LogP contribution in [0.3, 0.4) is 0 Å². The number of ether oxygens (including phenoxy) is 1. The van der Waals surface area contributed by atoms with Crippen LogP contribution in [0.25, 0.3) is 6.08 Å². The number of aromatic hydroxyl groups is 1. The summed E-state index contributed by atoms with van der Waals surface area (Å²) in [6, 6.07) is 3.50. The lowest BCUT2D eigenvalue weighted by atomic mass is 10.0. The highest BCUT2D eigenvalue weighted by Gasteiger charge is 2.39. The Morgan fingerprint density at radius 1 is 1.36 bits per heavy atom. The molecule has 1 saturated heterocycles. The Morgan fingerprint density at radius 3 is 2.79 bits per heavy atom. The number of Topliss-reactive ketones (excluding diaryl/α,β-unsaturated/α-hetero) is 1. The van der Waals surface area contributed by atoms with Crippen molar-refractivity contribution in [3.63, 3.8) is 0 Å². The summed E-state index contributed by atoms with van der Waals surface area (Å²) in [5.41, 5.74) is 1.40. The van der Waals surface area contributed by atoms with E-state index in [1.54, 1.807) is 24.3 Å². The maximum absolute atomic E-state index is 12.9. The minimum absolute atomic E-state index is 0.0841. The number of aryl methyl sites for hydroxylation is 1. The second-order valence-electron chi connectivity index (χ2n) is 6.11. The summed E-state index contributed by atoms with van der Waals surface area (Å²) in [7, 11) is 0. The molecule has 146 valence electrons. The third-order valence-electron chi connectivity index (χ3n) is 4.16. The Balaban J connectivity index is 1.96. The molecule has 1 aliphatic rings. The number of phenols is 1. The monoisotopic (exact) mass is 415 g/mol. The highest BCUT2D eigenvalue weighted by molar-refractivity contribution is 8.19. The maximum Gasteiger partial charge on any atom is 0.186 e. The van der Waals surface area contributed by atoms with Gasteiger partial charge in [-0.15, -0.1) is 28.1 Å². The number of hydrogen-bond donors (Lipinski definition) is 2. The average molecular weight is 416 g/mol. The molecule has 1 aliphatic heterocycles. The van der Waals surface area contributed by atoms with Crippen LogP contribution in [0.4, 0.5) is 0 Å². The number of carbonyl (C=O) groups is 1. The Hall–Kier alpha value is -2.45. The van der Waals surface area contributed by atoms with Crippen molar-refractivity contribution in [2.24, 2.45) is 0 Å². The SMILES string of the molecule is C=CCc1cc(/C=C2\SC(=N)[C@H](c3nnc(CC)s3)C2=O)cc(OCC)c1O. The second kappa shape index (κ2) is 8.70. The summed E-state index contributed by atoms with van der Waals surface area (Å²) in [6.07, 6.45) is 4.66. The molecule has 0 bridgehead atoms. The Bertz CT molecular complexity index is 966. The molecule has 0 radical (unpaired) electrons. The van der Waals surface area contributed by atoms with E-state index in [0.29, 0.717) is 34.3 Å². The highest BCUT2D eigenvalue weighted by Crippen LogP contribution is 2.42. The maximum atomic E-state index is 12.9. The minimum Gasteiger partial charge on any atom is -0.504 e. The zero-order chi connectivity index (χ0) is 20.3. The number of hydrogen-bond acceptors (Lipinski definition) is 8. The van der Waals surface area contributed by atoms with Gasteiger partial charge in [0.25, 0.3) is 0 Å². The predicted octanol–water partition coefficient (Wildman–Crippen LogP) is 4.35. The van der Waals surface area contributed by atoms with Gasteiger partial charge < -0.3 is 9.84 Å². The highest BCUT2D eigenvalue weighted by atomic mass is 32.2. The van der Waals surface area contributed by atoms with Crippen LogP contribution in [0.5, 0.6) is 11.5 Å². The molecule has 1 atom stereocenters. The van der Waals surface area contributed by atoms with Crippen molar-refractivity contribution in [3.05, 3.63) is 50.8 Å². The second-order valence-corrected chi connectivity index (χ2v) is 8.29. The summed E-state index contributed by atoms with van der Waals surface area (Å²) < 4.78 is 5.52. The molecule has 28 heavy (non-hydrogen) atoms. The molecule has 1 aromatic carbocycles. The van der Waals surface area contributed by atoms with Gasteiger partial charge in [0, 0.05) is 5.56 Å². The van der Waals surface area contributed by atoms with Crippen LogP contribution in [0.1, 0.15) is 40.9 Å². The van der Waals surface area contributed by atoms with E-state index in [-0.39, 0.29) is 16.6 Å². The third kappa shape index (κ3) is 4.02. The summed E-state index contributed by atoms with van der Waals surface area (Å²) in [5.74, 6) is -0.372. The summed E-state index contributed by atoms with van der Waals surface area (Å²) in [4.78, 5) is 13.4. The fourth-order valence-electron chi connectivity index (χ4n) is 2.84. The van der Waals surface area contributed by atoms with E-state index in [0.717, 1.165) is 28.8 Å². The molecule has 2 N–H and O–H groups in total. The number of phenolic OH excluding ortho intramolecular Hbond substituents is 1. The lowest BCUT2D eigenvalue weighted by Gasteiger charge is -2.11. The summed E-state index contributed by atoms with van der Waals surface area (Å²) in [6.45, 7) is 7.95. The van der Waals surface area contributed by atoms with E-state index in [1.165, 1.54) is 11.3 Å². The normalized spacial score (nSPS) is 18.1. The number of rotatable bonds is 7. The van der Waals surface area contributed by atoms with Crippen molar-refractivity contribution < 1.29 is 14.6 Å². The van der Waals surface area contributed by atoms with Crippen molar-refractivity contribution in [3.8, 4) is 11.5 Å². The van der Waals surface area contributed by atoms with Gasteiger partial charge >= 0.3 is 0 Å². The number of allylic oxidation sites excluding steroid dienone is 2. The Morgan fingerprint density at radius 2 is 2.14 bits per heavy atom. The molecule has 0 saturated carbocycles. The first-order chi connectivity index (χ1) is 13.5. The molecular formula is C20H21N3O3S2. The van der Waals surface area contributed by atoms with Crippen LogP contribution in [0, 0.1) is 5.41 Å². The molecule has 0 amide bonds. The molecule has 2 heterocycles. The average Bonchev–Trinajstić information content (AvgIpc) is 3.23. The molecule has 6 nitrogen and oxygen atoms in total. The molecule has 0 spiro atoms. The molecule has 0 aliphatic carbocycles. The molecule has 1 fully saturated rings. The zero-order valence-corrected chi connectivity index (χ0v) is 17.3. The Kier molecular flexibility index (Phi) is 6.31. The fourth-order valence-corrected chi connectivity index (χ4v) is 4.79. The van der Waals surface area contributed by atoms with Crippen LogP contribution in [0.2, 0.25) is 0 Å². The number of thioether (sulfide) groups is 1. The van der Waals surface area contributed by atoms with Crippen LogP contribution in [0.15, 0.2) is 29.7 Å². The van der Waals surface area contributed by atoms with Crippen molar-refractivity contribution in [2.45, 2.75) is 32.6 Å². The zero-order valence-electron chi connectivity index (χ0n) is 15.7. The van der Waals surface area contributed by atoms with E-state index in [2.05, 4.69) is 16.8 Å². The van der Waals surface area contributed by atoms with Gasteiger partial charge in [0.2, 0.25) is 0 Å². The quantitative estimate of drug-likeness (QED) is 0.515. The van der Waals surface area contributed by atoms with Crippen molar-refractivity contribution in [2.75, 3.05) is 6.61 Å². The molecule has 0 unspecified atom stereocenters. The van der Waals surface area contributed by atoms with Crippen molar-refractivity contribution in [1.29, 1.82) is 5.41 Å². The van der Waals surface area contributed by atoms with E-state index < -0.39 is 5.92 Å².